The van der Waals surface area contributed by atoms with Crippen LogP contribution in [0, 0.1) is 5.92 Å². The van der Waals surface area contributed by atoms with Crippen molar-refractivity contribution in [1.82, 2.24) is 10.2 Å². The van der Waals surface area contributed by atoms with E-state index in [0.29, 0.717) is 18.9 Å². The van der Waals surface area contributed by atoms with Crippen LogP contribution in [0.2, 0.25) is 0 Å². The molecule has 0 saturated heterocycles. The monoisotopic (exact) mass is 256 g/mol. The number of unbranched alkanes of at least 4 members (excludes halogenated alkanes) is 2. The van der Waals surface area contributed by atoms with Crippen LogP contribution in [0.1, 0.15) is 45.4 Å². The predicted octanol–water partition coefficient (Wildman–Crippen LogP) is 2.07. The van der Waals surface area contributed by atoms with Gasteiger partial charge >= 0.3 is 12.0 Å². The Morgan fingerprint density at radius 2 is 2.00 bits per heavy atom. The average molecular weight is 256 g/mol. The standard InChI is InChI=1S/C13H24N2O3/c1-2-15(10-11-7-8-11)13(18)14-9-5-3-4-6-12(16)17/h11H,2-10H2,1H3,(H,14,18)(H,16,17). The molecule has 0 bridgehead atoms. The second kappa shape index (κ2) is 7.95. The molecule has 0 heterocycles. The van der Waals surface area contributed by atoms with Gasteiger partial charge in [0.2, 0.25) is 0 Å². The first-order chi connectivity index (χ1) is 8.63. The number of carbonyl (C=O) groups is 2. The minimum Gasteiger partial charge on any atom is -0.481 e. The van der Waals surface area contributed by atoms with Crippen LogP contribution in [-0.2, 0) is 4.79 Å². The minimum absolute atomic E-state index is 0.0163. The van der Waals surface area contributed by atoms with Crippen molar-refractivity contribution < 1.29 is 14.7 Å². The molecule has 0 radical (unpaired) electrons. The number of carbonyl (C=O) groups excluding carboxylic acids is 1. The van der Waals surface area contributed by atoms with Crippen molar-refractivity contribution in [2.75, 3.05) is 19.6 Å². The average Bonchev–Trinajstić information content (AvgIpc) is 3.13. The van der Waals surface area contributed by atoms with Gasteiger partial charge in [-0.25, -0.2) is 4.79 Å². The summed E-state index contributed by atoms with van der Waals surface area (Å²) in [5.41, 5.74) is 0. The van der Waals surface area contributed by atoms with E-state index in [2.05, 4.69) is 5.32 Å². The molecule has 18 heavy (non-hydrogen) atoms. The molecule has 0 unspecified atom stereocenters. The van der Waals surface area contributed by atoms with Gasteiger partial charge in [-0.15, -0.1) is 0 Å². The maximum atomic E-state index is 11.8. The van der Waals surface area contributed by atoms with Crippen molar-refractivity contribution in [3.8, 4) is 0 Å². The van der Waals surface area contributed by atoms with Crippen molar-refractivity contribution in [3.05, 3.63) is 0 Å². The largest absolute Gasteiger partial charge is 0.481 e. The molecule has 2 amide bonds. The summed E-state index contributed by atoms with van der Waals surface area (Å²) in [5, 5.41) is 11.4. The Bertz CT molecular complexity index is 277. The van der Waals surface area contributed by atoms with Crippen LogP contribution < -0.4 is 5.32 Å². The zero-order valence-electron chi connectivity index (χ0n) is 11.2. The number of nitrogens with zero attached hydrogens (tertiary/aromatic N) is 1. The third-order valence-corrected chi connectivity index (χ3v) is 3.19. The fourth-order valence-electron chi connectivity index (χ4n) is 1.85. The molecule has 0 aromatic rings. The zero-order valence-corrected chi connectivity index (χ0v) is 11.2. The van der Waals surface area contributed by atoms with E-state index in [1.807, 2.05) is 11.8 Å². The molecule has 0 aromatic carbocycles. The number of urea groups is 1. The van der Waals surface area contributed by atoms with Crippen LogP contribution in [0.25, 0.3) is 0 Å². The molecule has 1 saturated carbocycles. The van der Waals surface area contributed by atoms with Crippen LogP contribution in [0.15, 0.2) is 0 Å². The molecule has 0 aromatic heterocycles. The SMILES string of the molecule is CCN(CC1CC1)C(=O)NCCCCCC(=O)O. The zero-order chi connectivity index (χ0) is 13.4. The maximum absolute atomic E-state index is 11.8. The summed E-state index contributed by atoms with van der Waals surface area (Å²) >= 11 is 0. The van der Waals surface area contributed by atoms with E-state index < -0.39 is 5.97 Å². The smallest absolute Gasteiger partial charge is 0.317 e. The summed E-state index contributed by atoms with van der Waals surface area (Å²) in [6, 6.07) is 0.0163. The first-order valence-electron chi connectivity index (χ1n) is 6.88. The Balaban J connectivity index is 2.02. The number of aliphatic carboxylic acids is 1. The molecule has 2 N–H and O–H groups in total. The van der Waals surface area contributed by atoms with Gasteiger partial charge in [0.1, 0.15) is 0 Å². The second-order valence-corrected chi connectivity index (χ2v) is 4.92. The van der Waals surface area contributed by atoms with Gasteiger partial charge < -0.3 is 15.3 Å². The third kappa shape index (κ3) is 6.47. The number of amides is 2. The summed E-state index contributed by atoms with van der Waals surface area (Å²) in [6.45, 7) is 4.26. The van der Waals surface area contributed by atoms with Gasteiger partial charge in [-0.3, -0.25) is 4.79 Å². The molecule has 0 aliphatic heterocycles. The molecule has 1 aliphatic rings. The highest BCUT2D eigenvalue weighted by Gasteiger charge is 2.25. The van der Waals surface area contributed by atoms with Gasteiger partial charge in [-0.1, -0.05) is 6.42 Å². The lowest BCUT2D eigenvalue weighted by Crippen LogP contribution is -2.41. The first kappa shape index (κ1) is 14.8. The number of carboxylic acid groups (broad SMARTS) is 1. The molecule has 1 fully saturated rings. The number of carboxylic acids is 1. The summed E-state index contributed by atoms with van der Waals surface area (Å²) in [7, 11) is 0. The highest BCUT2D eigenvalue weighted by molar-refractivity contribution is 5.74. The topological polar surface area (TPSA) is 69.6 Å². The molecule has 104 valence electrons. The summed E-state index contributed by atoms with van der Waals surface area (Å²) in [6.07, 6.45) is 5.10. The number of hydrogen-bond donors (Lipinski definition) is 2. The number of nitrogens with one attached hydrogen (secondary N) is 1. The first-order valence-corrected chi connectivity index (χ1v) is 6.88. The van der Waals surface area contributed by atoms with E-state index in [0.717, 1.165) is 25.9 Å². The highest BCUT2D eigenvalue weighted by atomic mass is 16.4. The van der Waals surface area contributed by atoms with Gasteiger partial charge in [0.15, 0.2) is 0 Å². The molecule has 5 nitrogen and oxygen atoms in total. The van der Waals surface area contributed by atoms with Crippen LogP contribution in [0.4, 0.5) is 4.79 Å². The second-order valence-electron chi connectivity index (χ2n) is 4.92. The Labute approximate surface area is 109 Å². The van der Waals surface area contributed by atoms with Crippen LogP contribution in [-0.4, -0.2) is 41.6 Å². The predicted molar refractivity (Wildman–Crippen MR) is 69.5 cm³/mol. The van der Waals surface area contributed by atoms with E-state index >= 15 is 0 Å². The third-order valence-electron chi connectivity index (χ3n) is 3.19. The maximum Gasteiger partial charge on any atom is 0.317 e. The van der Waals surface area contributed by atoms with Gasteiger partial charge in [0.25, 0.3) is 0 Å². The van der Waals surface area contributed by atoms with Crippen LogP contribution in [0.3, 0.4) is 0 Å². The fourth-order valence-corrected chi connectivity index (χ4v) is 1.85. The Hall–Kier alpha value is -1.26. The van der Waals surface area contributed by atoms with Gasteiger partial charge in [0.05, 0.1) is 0 Å². The van der Waals surface area contributed by atoms with E-state index in [9.17, 15) is 9.59 Å². The van der Waals surface area contributed by atoms with Crippen molar-refractivity contribution in [2.45, 2.75) is 45.4 Å². The Morgan fingerprint density at radius 1 is 1.28 bits per heavy atom. The minimum atomic E-state index is -0.749. The number of hydrogen-bond acceptors (Lipinski definition) is 2. The van der Waals surface area contributed by atoms with Gasteiger partial charge in [-0.2, -0.15) is 0 Å². The molecule has 1 aliphatic carbocycles. The lowest BCUT2D eigenvalue weighted by Gasteiger charge is -2.21. The molecule has 1 rings (SSSR count). The molecule has 0 atom stereocenters. The van der Waals surface area contributed by atoms with E-state index in [4.69, 9.17) is 5.11 Å². The highest BCUT2D eigenvalue weighted by Crippen LogP contribution is 2.29. The lowest BCUT2D eigenvalue weighted by atomic mass is 10.2. The van der Waals surface area contributed by atoms with E-state index in [1.165, 1.54) is 12.8 Å². The van der Waals surface area contributed by atoms with Crippen LogP contribution >= 0.6 is 0 Å². The molecular weight excluding hydrogens is 232 g/mol. The van der Waals surface area contributed by atoms with E-state index in [-0.39, 0.29) is 12.5 Å². The van der Waals surface area contributed by atoms with Gasteiger partial charge in [-0.05, 0) is 38.5 Å². The molecular formula is C13H24N2O3. The summed E-state index contributed by atoms with van der Waals surface area (Å²) < 4.78 is 0. The van der Waals surface area contributed by atoms with Crippen LogP contribution in [0.5, 0.6) is 0 Å². The fraction of sp³-hybridized carbons (Fsp3) is 0.846. The lowest BCUT2D eigenvalue weighted by molar-refractivity contribution is -0.137. The van der Waals surface area contributed by atoms with Crippen molar-refractivity contribution in [3.63, 3.8) is 0 Å². The Kier molecular flexibility index (Phi) is 6.54. The van der Waals surface area contributed by atoms with Gasteiger partial charge in [0, 0.05) is 26.1 Å². The van der Waals surface area contributed by atoms with Crippen molar-refractivity contribution >= 4 is 12.0 Å². The molecule has 5 heteroatoms. The quantitative estimate of drug-likeness (QED) is 0.620. The normalized spacial score (nSPS) is 14.3. The Morgan fingerprint density at radius 3 is 2.56 bits per heavy atom. The van der Waals surface area contributed by atoms with E-state index in [1.54, 1.807) is 0 Å². The van der Waals surface area contributed by atoms with Crippen molar-refractivity contribution in [1.29, 1.82) is 0 Å². The molecule has 0 spiro atoms. The van der Waals surface area contributed by atoms with Crippen molar-refractivity contribution in [2.24, 2.45) is 5.92 Å². The summed E-state index contributed by atoms with van der Waals surface area (Å²) in [5.74, 6) is -0.0353. The summed E-state index contributed by atoms with van der Waals surface area (Å²) in [4.78, 5) is 24.0. The number of rotatable bonds is 9.